The van der Waals surface area contributed by atoms with E-state index in [9.17, 15) is 9.59 Å². The molecule has 0 radical (unpaired) electrons. The van der Waals surface area contributed by atoms with E-state index in [0.717, 1.165) is 17.7 Å². The lowest BCUT2D eigenvalue weighted by Crippen LogP contribution is -2.30. The van der Waals surface area contributed by atoms with Gasteiger partial charge in [0, 0.05) is 31.3 Å². The Bertz CT molecular complexity index is 1060. The molecule has 0 bridgehead atoms. The molecule has 1 fully saturated rings. The van der Waals surface area contributed by atoms with Gasteiger partial charge in [0.15, 0.2) is 5.82 Å². The van der Waals surface area contributed by atoms with Crippen molar-refractivity contribution in [1.82, 2.24) is 19.9 Å². The van der Waals surface area contributed by atoms with Crippen LogP contribution < -0.4 is 10.3 Å². The fourth-order valence-corrected chi connectivity index (χ4v) is 3.61. The van der Waals surface area contributed by atoms with Crippen LogP contribution in [0.1, 0.15) is 23.6 Å². The smallest absolute Gasteiger partial charge is 0.251 e. The molecular formula is C22H22N4O3. The topological polar surface area (TPSA) is 88.2 Å². The van der Waals surface area contributed by atoms with E-state index >= 15 is 0 Å². The predicted octanol–water partition coefficient (Wildman–Crippen LogP) is 2.40. The minimum atomic E-state index is -0.211. The lowest BCUT2D eigenvalue weighted by molar-refractivity contribution is -0.129. The van der Waals surface area contributed by atoms with E-state index in [0.29, 0.717) is 36.7 Å². The molecule has 1 aliphatic rings. The summed E-state index contributed by atoms with van der Waals surface area (Å²) in [5.41, 5.74) is 2.03. The van der Waals surface area contributed by atoms with Crippen LogP contribution in [0.4, 0.5) is 0 Å². The quantitative estimate of drug-likeness (QED) is 0.723. The maximum absolute atomic E-state index is 12.7. The number of rotatable bonds is 5. The number of carbonyl (C=O) groups is 1. The number of benzene rings is 1. The summed E-state index contributed by atoms with van der Waals surface area (Å²) in [6, 6.07) is 14.5. The predicted molar refractivity (Wildman–Crippen MR) is 109 cm³/mol. The summed E-state index contributed by atoms with van der Waals surface area (Å²) < 4.78 is 5.22. The van der Waals surface area contributed by atoms with Crippen molar-refractivity contribution in [3.05, 3.63) is 76.3 Å². The molecule has 4 rings (SSSR count). The van der Waals surface area contributed by atoms with E-state index in [4.69, 9.17) is 4.74 Å². The summed E-state index contributed by atoms with van der Waals surface area (Å²) >= 11 is 0. The third kappa shape index (κ3) is 4.34. The second kappa shape index (κ2) is 8.26. The van der Waals surface area contributed by atoms with Crippen LogP contribution in [-0.4, -0.2) is 46.0 Å². The number of aromatic amines is 1. The molecule has 1 atom stereocenters. The van der Waals surface area contributed by atoms with Crippen molar-refractivity contribution in [3.63, 3.8) is 0 Å². The molecular weight excluding hydrogens is 368 g/mol. The highest BCUT2D eigenvalue weighted by Gasteiger charge is 2.28. The highest BCUT2D eigenvalue weighted by molar-refractivity contribution is 5.79. The minimum Gasteiger partial charge on any atom is -0.497 e. The molecule has 1 amide bonds. The zero-order valence-electron chi connectivity index (χ0n) is 16.2. The van der Waals surface area contributed by atoms with E-state index in [1.807, 2.05) is 41.3 Å². The number of amides is 1. The van der Waals surface area contributed by atoms with E-state index in [-0.39, 0.29) is 17.4 Å². The highest BCUT2D eigenvalue weighted by Crippen LogP contribution is 2.27. The average molecular weight is 390 g/mol. The van der Waals surface area contributed by atoms with Gasteiger partial charge in [0.2, 0.25) is 5.91 Å². The fourth-order valence-electron chi connectivity index (χ4n) is 3.61. The standard InChI is InChI=1S/C22H22N4O3/c1-29-17-6-4-5-15(11-17)12-21(28)26-10-8-16(14-26)19-13-20(27)25-22(24-19)18-7-2-3-9-23-18/h2-7,9,11,13,16H,8,10,12,14H2,1H3,(H,24,25,27)/t16-/m0/s1. The zero-order valence-corrected chi connectivity index (χ0v) is 16.2. The Labute approximate surface area is 168 Å². The number of hydrogen-bond acceptors (Lipinski definition) is 5. The van der Waals surface area contributed by atoms with Crippen molar-refractivity contribution >= 4 is 5.91 Å². The Morgan fingerprint density at radius 1 is 1.24 bits per heavy atom. The first-order valence-electron chi connectivity index (χ1n) is 9.56. The van der Waals surface area contributed by atoms with Crippen LogP contribution in [0.15, 0.2) is 59.5 Å². The molecule has 1 N–H and O–H groups in total. The van der Waals surface area contributed by atoms with Crippen molar-refractivity contribution in [2.24, 2.45) is 0 Å². The first-order chi connectivity index (χ1) is 14.1. The van der Waals surface area contributed by atoms with Crippen molar-refractivity contribution in [2.75, 3.05) is 20.2 Å². The summed E-state index contributed by atoms with van der Waals surface area (Å²) in [4.78, 5) is 38.3. The Morgan fingerprint density at radius 2 is 2.14 bits per heavy atom. The van der Waals surface area contributed by atoms with Gasteiger partial charge in [-0.1, -0.05) is 18.2 Å². The molecule has 0 spiro atoms. The van der Waals surface area contributed by atoms with Gasteiger partial charge in [0.1, 0.15) is 11.4 Å². The van der Waals surface area contributed by atoms with Crippen LogP contribution in [0.25, 0.3) is 11.5 Å². The number of aromatic nitrogens is 3. The van der Waals surface area contributed by atoms with Gasteiger partial charge < -0.3 is 14.6 Å². The Hall–Kier alpha value is -3.48. The summed E-state index contributed by atoms with van der Waals surface area (Å²) in [5.74, 6) is 1.29. The molecule has 1 saturated heterocycles. The normalized spacial score (nSPS) is 16.0. The number of nitrogens with zero attached hydrogens (tertiary/aromatic N) is 3. The molecule has 3 heterocycles. The lowest BCUT2D eigenvalue weighted by Gasteiger charge is -2.17. The maximum Gasteiger partial charge on any atom is 0.251 e. The Balaban J connectivity index is 1.47. The van der Waals surface area contributed by atoms with E-state index in [1.165, 1.54) is 6.07 Å². The molecule has 7 heteroatoms. The Morgan fingerprint density at radius 3 is 2.93 bits per heavy atom. The van der Waals surface area contributed by atoms with Gasteiger partial charge in [-0.15, -0.1) is 0 Å². The van der Waals surface area contributed by atoms with Gasteiger partial charge in [-0.3, -0.25) is 14.6 Å². The first kappa shape index (κ1) is 18.9. The molecule has 29 heavy (non-hydrogen) atoms. The summed E-state index contributed by atoms with van der Waals surface area (Å²) in [6.45, 7) is 1.21. The molecule has 2 aromatic heterocycles. The van der Waals surface area contributed by atoms with Crippen LogP contribution in [0.5, 0.6) is 5.75 Å². The van der Waals surface area contributed by atoms with Crippen LogP contribution in [0.3, 0.4) is 0 Å². The minimum absolute atomic E-state index is 0.0361. The van der Waals surface area contributed by atoms with Crippen LogP contribution in [-0.2, 0) is 11.2 Å². The summed E-state index contributed by atoms with van der Waals surface area (Å²) in [5, 5.41) is 0. The fraction of sp³-hybridized carbons (Fsp3) is 0.273. The number of pyridine rings is 1. The van der Waals surface area contributed by atoms with Gasteiger partial charge in [-0.25, -0.2) is 4.98 Å². The summed E-state index contributed by atoms with van der Waals surface area (Å²) in [6.07, 6.45) is 2.77. The second-order valence-electron chi connectivity index (χ2n) is 7.09. The average Bonchev–Trinajstić information content (AvgIpc) is 3.25. The van der Waals surface area contributed by atoms with Crippen LogP contribution >= 0.6 is 0 Å². The number of carbonyl (C=O) groups excluding carboxylic acids is 1. The number of likely N-dealkylation sites (tertiary alicyclic amines) is 1. The van der Waals surface area contributed by atoms with E-state index in [2.05, 4.69) is 15.0 Å². The second-order valence-corrected chi connectivity index (χ2v) is 7.09. The van der Waals surface area contributed by atoms with Gasteiger partial charge in [0.05, 0.1) is 19.2 Å². The number of nitrogens with one attached hydrogen (secondary N) is 1. The highest BCUT2D eigenvalue weighted by atomic mass is 16.5. The van der Waals surface area contributed by atoms with Crippen molar-refractivity contribution in [1.29, 1.82) is 0 Å². The number of hydrogen-bond donors (Lipinski definition) is 1. The first-order valence-corrected chi connectivity index (χ1v) is 9.56. The molecule has 7 nitrogen and oxygen atoms in total. The molecule has 0 saturated carbocycles. The monoisotopic (exact) mass is 390 g/mol. The number of H-pyrrole nitrogens is 1. The van der Waals surface area contributed by atoms with Crippen molar-refractivity contribution in [2.45, 2.75) is 18.8 Å². The number of ether oxygens (including phenoxy) is 1. The van der Waals surface area contributed by atoms with E-state index < -0.39 is 0 Å². The van der Waals surface area contributed by atoms with Gasteiger partial charge in [-0.05, 0) is 36.2 Å². The third-order valence-corrected chi connectivity index (χ3v) is 5.12. The lowest BCUT2D eigenvalue weighted by atomic mass is 10.0. The zero-order chi connectivity index (χ0) is 20.2. The molecule has 0 aliphatic carbocycles. The number of methoxy groups -OCH3 is 1. The van der Waals surface area contributed by atoms with Gasteiger partial charge >= 0.3 is 0 Å². The Kier molecular flexibility index (Phi) is 5.37. The maximum atomic E-state index is 12.7. The van der Waals surface area contributed by atoms with Crippen molar-refractivity contribution in [3.8, 4) is 17.3 Å². The molecule has 3 aromatic rings. The van der Waals surface area contributed by atoms with Gasteiger partial charge in [-0.2, -0.15) is 0 Å². The molecule has 1 aliphatic heterocycles. The molecule has 1 aromatic carbocycles. The van der Waals surface area contributed by atoms with Gasteiger partial charge in [0.25, 0.3) is 5.56 Å². The van der Waals surface area contributed by atoms with Crippen molar-refractivity contribution < 1.29 is 9.53 Å². The molecule has 148 valence electrons. The molecule has 0 unspecified atom stereocenters. The van der Waals surface area contributed by atoms with E-state index in [1.54, 1.807) is 19.4 Å². The van der Waals surface area contributed by atoms with Crippen LogP contribution in [0, 0.1) is 0 Å². The third-order valence-electron chi connectivity index (χ3n) is 5.12. The largest absolute Gasteiger partial charge is 0.497 e. The SMILES string of the molecule is COc1cccc(CC(=O)N2CC[C@H](c3cc(=O)[nH]c(-c4ccccn4)n3)C2)c1. The van der Waals surface area contributed by atoms with Crippen LogP contribution in [0.2, 0.25) is 0 Å². The summed E-state index contributed by atoms with van der Waals surface area (Å²) in [7, 11) is 1.61.